The van der Waals surface area contributed by atoms with Crippen LogP contribution in [0.5, 0.6) is 5.75 Å². The number of allylic oxidation sites excluding steroid dienone is 1. The standard InChI is InChI=1S/C19H26N2O5/c1-5-24-15-8-6-14(7-9-15)17-16(13(4)20-19(23)21-17)18(22)26-11-10-25-12(2)3/h6-9,12,17H,5,10-11H2,1-4H3,(H2,20,21,23). The van der Waals surface area contributed by atoms with Gasteiger partial charge in [-0.05, 0) is 45.4 Å². The monoisotopic (exact) mass is 362 g/mol. The van der Waals surface area contributed by atoms with Crippen LogP contribution in [-0.4, -0.2) is 37.9 Å². The van der Waals surface area contributed by atoms with Crippen molar-refractivity contribution in [1.29, 1.82) is 0 Å². The maximum absolute atomic E-state index is 12.6. The lowest BCUT2D eigenvalue weighted by Crippen LogP contribution is -2.45. The van der Waals surface area contributed by atoms with Gasteiger partial charge in [-0.2, -0.15) is 0 Å². The number of carbonyl (C=O) groups excluding carboxylic acids is 2. The first kappa shape index (κ1) is 19.8. The van der Waals surface area contributed by atoms with Crippen LogP contribution < -0.4 is 15.4 Å². The molecule has 0 radical (unpaired) electrons. The predicted molar refractivity (Wildman–Crippen MR) is 96.8 cm³/mol. The van der Waals surface area contributed by atoms with E-state index in [1.165, 1.54) is 0 Å². The number of urea groups is 1. The van der Waals surface area contributed by atoms with Crippen molar-refractivity contribution in [2.24, 2.45) is 0 Å². The van der Waals surface area contributed by atoms with Gasteiger partial charge in [0.1, 0.15) is 12.4 Å². The molecule has 1 atom stereocenters. The van der Waals surface area contributed by atoms with Gasteiger partial charge in [-0.25, -0.2) is 9.59 Å². The van der Waals surface area contributed by atoms with E-state index < -0.39 is 12.0 Å². The molecule has 142 valence electrons. The Morgan fingerprint density at radius 2 is 1.88 bits per heavy atom. The molecule has 0 spiro atoms. The Morgan fingerprint density at radius 3 is 2.50 bits per heavy atom. The normalized spacial score (nSPS) is 17.0. The van der Waals surface area contributed by atoms with Crippen molar-refractivity contribution < 1.29 is 23.8 Å². The highest BCUT2D eigenvalue weighted by Crippen LogP contribution is 2.28. The van der Waals surface area contributed by atoms with Crippen LogP contribution in [0.25, 0.3) is 0 Å². The van der Waals surface area contributed by atoms with Crippen LogP contribution in [0.1, 0.15) is 39.3 Å². The zero-order valence-corrected chi connectivity index (χ0v) is 15.6. The predicted octanol–water partition coefficient (Wildman–Crippen LogP) is 2.68. The summed E-state index contributed by atoms with van der Waals surface area (Å²) in [6.07, 6.45) is 0.0712. The molecule has 1 unspecified atom stereocenters. The second-order valence-corrected chi connectivity index (χ2v) is 6.13. The number of hydrogen-bond acceptors (Lipinski definition) is 5. The molecule has 0 fully saturated rings. The molecule has 0 bridgehead atoms. The van der Waals surface area contributed by atoms with Crippen molar-refractivity contribution in [1.82, 2.24) is 10.6 Å². The van der Waals surface area contributed by atoms with E-state index in [0.29, 0.717) is 24.5 Å². The van der Waals surface area contributed by atoms with Gasteiger partial charge in [0.15, 0.2) is 0 Å². The van der Waals surface area contributed by atoms with Crippen LogP contribution in [0.4, 0.5) is 4.79 Å². The number of carbonyl (C=O) groups is 2. The summed E-state index contributed by atoms with van der Waals surface area (Å²) in [6.45, 7) is 8.46. The molecule has 1 heterocycles. The van der Waals surface area contributed by atoms with E-state index in [4.69, 9.17) is 14.2 Å². The molecule has 1 aromatic rings. The Kier molecular flexibility index (Phi) is 7.03. The fraction of sp³-hybridized carbons (Fsp3) is 0.474. The molecule has 2 N–H and O–H groups in total. The number of benzene rings is 1. The van der Waals surface area contributed by atoms with Crippen molar-refractivity contribution >= 4 is 12.0 Å². The third-order valence-corrected chi connectivity index (χ3v) is 3.78. The summed E-state index contributed by atoms with van der Waals surface area (Å²) in [5.74, 6) is 0.244. The van der Waals surface area contributed by atoms with Crippen LogP contribution >= 0.6 is 0 Å². The molecule has 7 nitrogen and oxygen atoms in total. The number of nitrogens with one attached hydrogen (secondary N) is 2. The molecule has 2 rings (SSSR count). The fourth-order valence-corrected chi connectivity index (χ4v) is 2.63. The quantitative estimate of drug-likeness (QED) is 0.548. The van der Waals surface area contributed by atoms with Gasteiger partial charge in [-0.15, -0.1) is 0 Å². The number of hydrogen-bond donors (Lipinski definition) is 2. The van der Waals surface area contributed by atoms with Gasteiger partial charge in [-0.1, -0.05) is 12.1 Å². The first-order chi connectivity index (χ1) is 12.4. The molecule has 1 aliphatic rings. The summed E-state index contributed by atoms with van der Waals surface area (Å²) in [5, 5.41) is 5.40. The summed E-state index contributed by atoms with van der Waals surface area (Å²) >= 11 is 0. The van der Waals surface area contributed by atoms with Crippen molar-refractivity contribution in [2.45, 2.75) is 39.8 Å². The Labute approximate surface area is 153 Å². The van der Waals surface area contributed by atoms with E-state index in [1.807, 2.05) is 45.0 Å². The van der Waals surface area contributed by atoms with E-state index in [2.05, 4.69) is 10.6 Å². The Balaban J connectivity index is 2.15. The highest BCUT2D eigenvalue weighted by Gasteiger charge is 2.32. The largest absolute Gasteiger partial charge is 0.494 e. The minimum Gasteiger partial charge on any atom is -0.494 e. The first-order valence-electron chi connectivity index (χ1n) is 8.72. The number of esters is 1. The summed E-state index contributed by atoms with van der Waals surface area (Å²) in [6, 6.07) is 6.32. The molecular weight excluding hydrogens is 336 g/mol. The van der Waals surface area contributed by atoms with Crippen molar-refractivity contribution in [2.75, 3.05) is 19.8 Å². The van der Waals surface area contributed by atoms with Crippen LogP contribution in [-0.2, 0) is 14.3 Å². The zero-order valence-electron chi connectivity index (χ0n) is 15.6. The average molecular weight is 362 g/mol. The molecule has 0 aromatic heterocycles. The molecule has 1 aromatic carbocycles. The maximum atomic E-state index is 12.6. The lowest BCUT2D eigenvalue weighted by molar-refractivity contribution is -0.141. The molecule has 1 aliphatic heterocycles. The molecular formula is C19H26N2O5. The van der Waals surface area contributed by atoms with E-state index in [0.717, 1.165) is 11.3 Å². The lowest BCUT2D eigenvalue weighted by Gasteiger charge is -2.28. The van der Waals surface area contributed by atoms with Gasteiger partial charge in [0, 0.05) is 5.70 Å². The second kappa shape index (κ2) is 9.24. The Bertz CT molecular complexity index is 667. The average Bonchev–Trinajstić information content (AvgIpc) is 2.58. The van der Waals surface area contributed by atoms with Gasteiger partial charge in [0.25, 0.3) is 0 Å². The van der Waals surface area contributed by atoms with Crippen LogP contribution in [0.15, 0.2) is 35.5 Å². The maximum Gasteiger partial charge on any atom is 0.338 e. The van der Waals surface area contributed by atoms with Crippen molar-refractivity contribution in [3.63, 3.8) is 0 Å². The van der Waals surface area contributed by atoms with E-state index >= 15 is 0 Å². The van der Waals surface area contributed by atoms with E-state index in [1.54, 1.807) is 6.92 Å². The van der Waals surface area contributed by atoms with Crippen LogP contribution in [0.2, 0.25) is 0 Å². The number of amides is 2. The highest BCUT2D eigenvalue weighted by molar-refractivity contribution is 5.95. The smallest absolute Gasteiger partial charge is 0.338 e. The van der Waals surface area contributed by atoms with Crippen LogP contribution in [0.3, 0.4) is 0 Å². The lowest BCUT2D eigenvalue weighted by atomic mass is 9.95. The van der Waals surface area contributed by atoms with E-state index in [9.17, 15) is 9.59 Å². The molecule has 7 heteroatoms. The SMILES string of the molecule is CCOc1ccc(C2NC(=O)NC(C)=C2C(=O)OCCOC(C)C)cc1. The van der Waals surface area contributed by atoms with Gasteiger partial charge in [-0.3, -0.25) is 0 Å². The minimum absolute atomic E-state index is 0.0712. The first-order valence-corrected chi connectivity index (χ1v) is 8.72. The zero-order chi connectivity index (χ0) is 19.1. The third kappa shape index (κ3) is 5.23. The number of ether oxygens (including phenoxy) is 3. The Hall–Kier alpha value is -2.54. The Morgan fingerprint density at radius 1 is 1.19 bits per heavy atom. The topological polar surface area (TPSA) is 85.9 Å². The molecule has 0 aliphatic carbocycles. The van der Waals surface area contributed by atoms with Crippen molar-refractivity contribution in [3.8, 4) is 5.75 Å². The summed E-state index contributed by atoms with van der Waals surface area (Å²) in [7, 11) is 0. The van der Waals surface area contributed by atoms with Gasteiger partial charge in [0.05, 0.1) is 30.9 Å². The highest BCUT2D eigenvalue weighted by atomic mass is 16.6. The summed E-state index contributed by atoms with van der Waals surface area (Å²) in [4.78, 5) is 24.4. The van der Waals surface area contributed by atoms with Crippen LogP contribution in [0, 0.1) is 0 Å². The second-order valence-electron chi connectivity index (χ2n) is 6.13. The summed E-state index contributed by atoms with van der Waals surface area (Å²) < 4.78 is 16.1. The fourth-order valence-electron chi connectivity index (χ4n) is 2.63. The number of rotatable bonds is 8. The molecule has 26 heavy (non-hydrogen) atoms. The van der Waals surface area contributed by atoms with Crippen molar-refractivity contribution in [3.05, 3.63) is 41.1 Å². The third-order valence-electron chi connectivity index (χ3n) is 3.78. The summed E-state index contributed by atoms with van der Waals surface area (Å²) in [5.41, 5.74) is 1.62. The molecule has 2 amide bonds. The van der Waals surface area contributed by atoms with Gasteiger partial charge in [0.2, 0.25) is 0 Å². The van der Waals surface area contributed by atoms with Gasteiger partial charge >= 0.3 is 12.0 Å². The molecule has 0 saturated heterocycles. The van der Waals surface area contributed by atoms with E-state index in [-0.39, 0.29) is 18.7 Å². The van der Waals surface area contributed by atoms with Gasteiger partial charge < -0.3 is 24.8 Å². The minimum atomic E-state index is -0.585. The molecule has 0 saturated carbocycles.